The van der Waals surface area contributed by atoms with Gasteiger partial charge in [0.15, 0.2) is 0 Å². The van der Waals surface area contributed by atoms with Crippen LogP contribution in [0.25, 0.3) is 11.0 Å². The predicted molar refractivity (Wildman–Crippen MR) is 76.1 cm³/mol. The number of nitrogens with one attached hydrogen (secondary N) is 1. The number of hydrogen-bond acceptors (Lipinski definition) is 2. The van der Waals surface area contributed by atoms with Gasteiger partial charge in [-0.2, -0.15) is 0 Å². The molecule has 0 aliphatic carbocycles. The lowest BCUT2D eigenvalue weighted by Crippen LogP contribution is -2.39. The van der Waals surface area contributed by atoms with E-state index in [1.54, 1.807) is 11.1 Å². The van der Waals surface area contributed by atoms with Crippen molar-refractivity contribution >= 4 is 40.1 Å². The maximum Gasteiger partial charge on any atom is 0.256 e. The quantitative estimate of drug-likeness (QED) is 0.876. The SMILES string of the molecule is O=C(c1cnc2[nH]cc(Cl)c2c1Cl)N1CCC(F)CC1. The molecule has 2 aromatic heterocycles. The molecule has 7 heteroatoms. The van der Waals surface area contributed by atoms with E-state index in [2.05, 4.69) is 9.97 Å². The number of likely N-dealkylation sites (tertiary alicyclic amines) is 1. The fourth-order valence-corrected chi connectivity index (χ4v) is 3.00. The number of aromatic amines is 1. The largest absolute Gasteiger partial charge is 0.345 e. The third kappa shape index (κ3) is 2.25. The van der Waals surface area contributed by atoms with Gasteiger partial charge in [0.25, 0.3) is 5.91 Å². The molecule has 0 bridgehead atoms. The molecule has 4 nitrogen and oxygen atoms in total. The second-order valence-electron chi connectivity index (χ2n) is 4.81. The van der Waals surface area contributed by atoms with Crippen LogP contribution in [0.1, 0.15) is 23.2 Å². The van der Waals surface area contributed by atoms with Crippen molar-refractivity contribution in [2.24, 2.45) is 0 Å². The Morgan fingerprint density at radius 3 is 2.80 bits per heavy atom. The molecule has 1 N–H and O–H groups in total. The average Bonchev–Trinajstić information content (AvgIpc) is 2.82. The van der Waals surface area contributed by atoms with Gasteiger partial charge in [0.2, 0.25) is 0 Å². The number of alkyl halides is 1. The predicted octanol–water partition coefficient (Wildman–Crippen LogP) is 3.44. The highest BCUT2D eigenvalue weighted by Gasteiger charge is 2.26. The average molecular weight is 316 g/mol. The Morgan fingerprint density at radius 2 is 2.10 bits per heavy atom. The first-order valence-corrected chi connectivity index (χ1v) is 7.08. The van der Waals surface area contributed by atoms with Crippen molar-refractivity contribution in [3.8, 4) is 0 Å². The van der Waals surface area contributed by atoms with Gasteiger partial charge in [0.05, 0.1) is 21.0 Å². The third-order valence-corrected chi connectivity index (χ3v) is 4.22. The number of H-pyrrole nitrogens is 1. The molecule has 1 amide bonds. The zero-order chi connectivity index (χ0) is 14.3. The molecule has 0 aromatic carbocycles. The van der Waals surface area contributed by atoms with Gasteiger partial charge in [-0.3, -0.25) is 4.79 Å². The number of aromatic nitrogens is 2. The van der Waals surface area contributed by atoms with Crippen molar-refractivity contribution < 1.29 is 9.18 Å². The first-order chi connectivity index (χ1) is 9.58. The molecule has 0 atom stereocenters. The van der Waals surface area contributed by atoms with Gasteiger partial charge in [-0.05, 0) is 12.8 Å². The summed E-state index contributed by atoms with van der Waals surface area (Å²) in [5.41, 5.74) is 0.844. The maximum absolute atomic E-state index is 13.1. The first-order valence-electron chi connectivity index (χ1n) is 6.32. The van der Waals surface area contributed by atoms with Crippen LogP contribution in [-0.2, 0) is 0 Å². The van der Waals surface area contributed by atoms with Crippen molar-refractivity contribution in [2.75, 3.05) is 13.1 Å². The standard InChI is InChI=1S/C13H12Cl2FN3O/c14-9-6-18-12-10(9)11(15)8(5-17-12)13(20)19-3-1-7(16)2-4-19/h5-7H,1-4H2,(H,17,18). The normalized spacial score (nSPS) is 16.9. The van der Waals surface area contributed by atoms with Gasteiger partial charge < -0.3 is 9.88 Å². The Kier molecular flexibility index (Phi) is 3.56. The maximum atomic E-state index is 13.1. The van der Waals surface area contributed by atoms with Crippen LogP contribution >= 0.6 is 23.2 Å². The van der Waals surface area contributed by atoms with Crippen LogP contribution in [0.15, 0.2) is 12.4 Å². The Bertz CT molecular complexity index is 665. The van der Waals surface area contributed by atoms with E-state index in [0.717, 1.165) is 0 Å². The second kappa shape index (κ2) is 5.22. The first kappa shape index (κ1) is 13.6. The number of amides is 1. The van der Waals surface area contributed by atoms with Crippen molar-refractivity contribution in [3.05, 3.63) is 28.0 Å². The van der Waals surface area contributed by atoms with Gasteiger partial charge in [-0.25, -0.2) is 9.37 Å². The highest BCUT2D eigenvalue weighted by atomic mass is 35.5. The summed E-state index contributed by atoms with van der Waals surface area (Å²) in [6.07, 6.45) is 2.91. The monoisotopic (exact) mass is 315 g/mol. The van der Waals surface area contributed by atoms with Crippen LogP contribution in [0.4, 0.5) is 4.39 Å². The lowest BCUT2D eigenvalue weighted by molar-refractivity contribution is 0.0667. The minimum atomic E-state index is -0.825. The number of carbonyl (C=O) groups excluding carboxylic acids is 1. The molecule has 1 fully saturated rings. The van der Waals surface area contributed by atoms with E-state index in [1.807, 2.05) is 0 Å². The fraction of sp³-hybridized carbons (Fsp3) is 0.385. The number of fused-ring (bicyclic) bond motifs is 1. The van der Waals surface area contributed by atoms with Gasteiger partial charge in [-0.15, -0.1) is 0 Å². The lowest BCUT2D eigenvalue weighted by Gasteiger charge is -2.28. The van der Waals surface area contributed by atoms with Gasteiger partial charge in [-0.1, -0.05) is 23.2 Å². The second-order valence-corrected chi connectivity index (χ2v) is 5.60. The summed E-state index contributed by atoms with van der Waals surface area (Å²) in [6, 6.07) is 0. The molecule has 1 saturated heterocycles. The summed E-state index contributed by atoms with van der Waals surface area (Å²) in [5.74, 6) is -0.228. The molecule has 0 unspecified atom stereocenters. The van der Waals surface area contributed by atoms with Crippen molar-refractivity contribution in [1.29, 1.82) is 0 Å². The van der Waals surface area contributed by atoms with Gasteiger partial charge >= 0.3 is 0 Å². The summed E-state index contributed by atoms with van der Waals surface area (Å²) in [6.45, 7) is 0.796. The van der Waals surface area contributed by atoms with E-state index in [1.165, 1.54) is 6.20 Å². The number of hydrogen-bond donors (Lipinski definition) is 1. The highest BCUT2D eigenvalue weighted by molar-refractivity contribution is 6.43. The molecule has 106 valence electrons. The topological polar surface area (TPSA) is 49.0 Å². The zero-order valence-electron chi connectivity index (χ0n) is 10.5. The highest BCUT2D eigenvalue weighted by Crippen LogP contribution is 2.32. The summed E-state index contributed by atoms with van der Waals surface area (Å²) in [4.78, 5) is 21.1. The van der Waals surface area contributed by atoms with Gasteiger partial charge in [0, 0.05) is 25.5 Å². The molecule has 0 saturated carbocycles. The Labute approximate surface area is 124 Å². The van der Waals surface area contributed by atoms with E-state index < -0.39 is 6.17 Å². The van der Waals surface area contributed by atoms with Crippen LogP contribution in [0.2, 0.25) is 10.0 Å². The molecular formula is C13H12Cl2FN3O. The van der Waals surface area contributed by atoms with Crippen molar-refractivity contribution in [1.82, 2.24) is 14.9 Å². The Morgan fingerprint density at radius 1 is 1.40 bits per heavy atom. The summed E-state index contributed by atoms with van der Waals surface area (Å²) < 4.78 is 13.1. The van der Waals surface area contributed by atoms with Crippen molar-refractivity contribution in [2.45, 2.75) is 19.0 Å². The van der Waals surface area contributed by atoms with E-state index >= 15 is 0 Å². The molecule has 0 radical (unpaired) electrons. The molecule has 3 rings (SSSR count). The van der Waals surface area contributed by atoms with Gasteiger partial charge in [0.1, 0.15) is 11.8 Å². The smallest absolute Gasteiger partial charge is 0.256 e. The third-order valence-electron chi connectivity index (χ3n) is 3.53. The van der Waals surface area contributed by atoms with E-state index in [9.17, 15) is 9.18 Å². The number of carbonyl (C=O) groups is 1. The van der Waals surface area contributed by atoms with Crippen LogP contribution in [0.5, 0.6) is 0 Å². The Balaban J connectivity index is 1.95. The Hall–Kier alpha value is -1.33. The molecule has 2 aromatic rings. The van der Waals surface area contributed by atoms with E-state index in [0.29, 0.717) is 47.6 Å². The lowest BCUT2D eigenvalue weighted by atomic mass is 10.1. The van der Waals surface area contributed by atoms with Crippen LogP contribution in [-0.4, -0.2) is 40.0 Å². The molecule has 0 spiro atoms. The minimum Gasteiger partial charge on any atom is -0.345 e. The van der Waals surface area contributed by atoms with E-state index in [4.69, 9.17) is 23.2 Å². The van der Waals surface area contributed by atoms with Crippen molar-refractivity contribution in [3.63, 3.8) is 0 Å². The number of piperidine rings is 1. The summed E-state index contributed by atoms with van der Waals surface area (Å²) in [5, 5.41) is 1.25. The summed E-state index contributed by atoms with van der Waals surface area (Å²) >= 11 is 12.3. The number of pyridine rings is 1. The number of rotatable bonds is 1. The zero-order valence-corrected chi connectivity index (χ0v) is 12.0. The molecular weight excluding hydrogens is 304 g/mol. The number of nitrogens with zero attached hydrogens (tertiary/aromatic N) is 2. The molecule has 20 heavy (non-hydrogen) atoms. The molecule has 1 aliphatic heterocycles. The van der Waals surface area contributed by atoms with Crippen LogP contribution in [0.3, 0.4) is 0 Å². The minimum absolute atomic E-state index is 0.228. The van der Waals surface area contributed by atoms with Crippen LogP contribution < -0.4 is 0 Å². The van der Waals surface area contributed by atoms with E-state index in [-0.39, 0.29) is 10.9 Å². The summed E-state index contributed by atoms with van der Waals surface area (Å²) in [7, 11) is 0. The molecule has 3 heterocycles. The van der Waals surface area contributed by atoms with Crippen LogP contribution in [0, 0.1) is 0 Å². The number of halogens is 3. The molecule has 1 aliphatic rings. The fourth-order valence-electron chi connectivity index (χ4n) is 2.39.